The minimum atomic E-state index is -3.70. The van der Waals surface area contributed by atoms with Gasteiger partial charge in [-0.25, -0.2) is 4.79 Å². The van der Waals surface area contributed by atoms with Crippen LogP contribution in [0.4, 0.5) is 0 Å². The molecular formula is C8H16N2O5S. The molecule has 0 aromatic carbocycles. The molecule has 0 radical (unpaired) electrons. The van der Waals surface area contributed by atoms with Gasteiger partial charge in [0.15, 0.2) is 6.61 Å². The van der Waals surface area contributed by atoms with Gasteiger partial charge >= 0.3 is 16.2 Å². The summed E-state index contributed by atoms with van der Waals surface area (Å²) in [7, 11) is -3.70. The molecule has 0 unspecified atom stereocenters. The van der Waals surface area contributed by atoms with Gasteiger partial charge in [-0.2, -0.15) is 12.7 Å². The lowest BCUT2D eigenvalue weighted by molar-refractivity contribution is -0.143. The monoisotopic (exact) mass is 252 g/mol. The van der Waals surface area contributed by atoms with Crippen LogP contribution in [0.15, 0.2) is 0 Å². The Hall–Kier alpha value is -0.700. The molecule has 8 heteroatoms. The number of rotatable bonds is 5. The van der Waals surface area contributed by atoms with Crippen LogP contribution in [-0.2, 0) is 19.8 Å². The van der Waals surface area contributed by atoms with E-state index in [2.05, 4.69) is 4.84 Å². The summed E-state index contributed by atoms with van der Waals surface area (Å²) in [6.45, 7) is 0.213. The summed E-state index contributed by atoms with van der Waals surface area (Å²) in [5.74, 6) is -1.22. The summed E-state index contributed by atoms with van der Waals surface area (Å²) in [4.78, 5) is 16.3. The SMILES string of the molecule is O=C(O)CONS(=O)(=O)N1CCCCCC1. The van der Waals surface area contributed by atoms with Crippen molar-refractivity contribution in [2.24, 2.45) is 0 Å². The topological polar surface area (TPSA) is 95.9 Å². The standard InChI is InChI=1S/C8H16N2O5S/c11-8(12)7-15-9-16(13,14)10-5-3-1-2-4-6-10/h9H,1-7H2,(H,11,12). The van der Waals surface area contributed by atoms with Crippen molar-refractivity contribution in [1.82, 2.24) is 9.19 Å². The van der Waals surface area contributed by atoms with Crippen molar-refractivity contribution in [2.45, 2.75) is 25.7 Å². The molecule has 1 fully saturated rings. The van der Waals surface area contributed by atoms with Crippen molar-refractivity contribution >= 4 is 16.2 Å². The van der Waals surface area contributed by atoms with E-state index in [1.54, 1.807) is 4.89 Å². The van der Waals surface area contributed by atoms with Crippen LogP contribution in [0.1, 0.15) is 25.7 Å². The maximum atomic E-state index is 11.6. The first kappa shape index (κ1) is 13.4. The number of carboxylic acid groups (broad SMARTS) is 1. The van der Waals surface area contributed by atoms with E-state index in [1.807, 2.05) is 0 Å². The Morgan fingerprint density at radius 2 is 1.81 bits per heavy atom. The molecule has 94 valence electrons. The highest BCUT2D eigenvalue weighted by molar-refractivity contribution is 7.87. The summed E-state index contributed by atoms with van der Waals surface area (Å²) in [6.07, 6.45) is 3.67. The Morgan fingerprint density at radius 3 is 2.31 bits per heavy atom. The van der Waals surface area contributed by atoms with E-state index in [1.165, 1.54) is 4.31 Å². The molecule has 0 aromatic heterocycles. The molecule has 2 N–H and O–H groups in total. The van der Waals surface area contributed by atoms with Crippen molar-refractivity contribution in [3.8, 4) is 0 Å². The Kier molecular flexibility index (Phi) is 5.13. The summed E-state index contributed by atoms with van der Waals surface area (Å²) >= 11 is 0. The van der Waals surface area contributed by atoms with Gasteiger partial charge in [-0.3, -0.25) is 4.84 Å². The molecule has 1 aliphatic heterocycles. The predicted octanol–water partition coefficient (Wildman–Crippen LogP) is -0.287. The third kappa shape index (κ3) is 4.44. The maximum absolute atomic E-state index is 11.6. The highest BCUT2D eigenvalue weighted by Crippen LogP contribution is 2.12. The molecule has 0 atom stereocenters. The molecule has 1 heterocycles. The molecule has 0 aromatic rings. The number of carbonyl (C=O) groups is 1. The summed E-state index contributed by atoms with van der Waals surface area (Å²) in [6, 6.07) is 0. The lowest BCUT2D eigenvalue weighted by Crippen LogP contribution is -2.41. The van der Waals surface area contributed by atoms with Crippen LogP contribution in [0.3, 0.4) is 0 Å². The number of carboxylic acids is 1. The number of hydrogen-bond acceptors (Lipinski definition) is 4. The van der Waals surface area contributed by atoms with E-state index in [4.69, 9.17) is 5.11 Å². The van der Waals surface area contributed by atoms with Gasteiger partial charge in [-0.05, 0) is 12.8 Å². The molecule has 0 saturated carbocycles. The molecule has 0 spiro atoms. The highest BCUT2D eigenvalue weighted by Gasteiger charge is 2.23. The summed E-state index contributed by atoms with van der Waals surface area (Å²) in [5.41, 5.74) is 0. The summed E-state index contributed by atoms with van der Waals surface area (Å²) < 4.78 is 24.5. The average Bonchev–Trinajstić information content (AvgIpc) is 2.44. The minimum Gasteiger partial charge on any atom is -0.479 e. The zero-order valence-electron chi connectivity index (χ0n) is 8.89. The van der Waals surface area contributed by atoms with E-state index in [0.717, 1.165) is 25.7 Å². The van der Waals surface area contributed by atoms with Gasteiger partial charge in [0, 0.05) is 13.1 Å². The van der Waals surface area contributed by atoms with E-state index in [0.29, 0.717) is 13.1 Å². The van der Waals surface area contributed by atoms with Crippen molar-refractivity contribution in [1.29, 1.82) is 0 Å². The van der Waals surface area contributed by atoms with Crippen LogP contribution < -0.4 is 4.89 Å². The first-order valence-corrected chi connectivity index (χ1v) is 6.57. The number of nitrogens with one attached hydrogen (secondary N) is 1. The van der Waals surface area contributed by atoms with Crippen LogP contribution in [0.25, 0.3) is 0 Å². The molecule has 1 saturated heterocycles. The largest absolute Gasteiger partial charge is 0.479 e. The quantitative estimate of drug-likeness (QED) is 0.656. The third-order valence-electron chi connectivity index (χ3n) is 2.26. The van der Waals surface area contributed by atoms with Gasteiger partial charge in [0.25, 0.3) is 0 Å². The molecule has 16 heavy (non-hydrogen) atoms. The first-order valence-electron chi connectivity index (χ1n) is 5.13. The second kappa shape index (κ2) is 6.14. The number of hydrogen-bond donors (Lipinski definition) is 2. The molecule has 0 amide bonds. The van der Waals surface area contributed by atoms with Crippen molar-refractivity contribution in [3.05, 3.63) is 0 Å². The van der Waals surface area contributed by atoms with E-state index >= 15 is 0 Å². The fourth-order valence-corrected chi connectivity index (χ4v) is 2.55. The van der Waals surface area contributed by atoms with Gasteiger partial charge in [-0.15, -0.1) is 0 Å². The lowest BCUT2D eigenvalue weighted by Gasteiger charge is -2.19. The molecule has 0 bridgehead atoms. The number of aliphatic carboxylic acids is 1. The molecule has 0 aliphatic carbocycles. The Morgan fingerprint density at radius 1 is 1.25 bits per heavy atom. The number of nitrogens with zero attached hydrogens (tertiary/aromatic N) is 1. The highest BCUT2D eigenvalue weighted by atomic mass is 32.2. The van der Waals surface area contributed by atoms with Crippen LogP contribution in [0.5, 0.6) is 0 Å². The second-order valence-electron chi connectivity index (χ2n) is 3.58. The fraction of sp³-hybridized carbons (Fsp3) is 0.875. The average molecular weight is 252 g/mol. The van der Waals surface area contributed by atoms with Gasteiger partial charge in [0.05, 0.1) is 0 Å². The minimum absolute atomic E-state index is 0.450. The zero-order valence-corrected chi connectivity index (χ0v) is 9.70. The van der Waals surface area contributed by atoms with E-state index in [9.17, 15) is 13.2 Å². The predicted molar refractivity (Wildman–Crippen MR) is 55.7 cm³/mol. The fourth-order valence-electron chi connectivity index (χ4n) is 1.50. The third-order valence-corrected chi connectivity index (χ3v) is 3.64. The summed E-state index contributed by atoms with van der Waals surface area (Å²) in [5, 5.41) is 8.29. The Labute approximate surface area is 94.5 Å². The Balaban J connectivity index is 2.44. The van der Waals surface area contributed by atoms with E-state index < -0.39 is 22.8 Å². The zero-order chi connectivity index (χ0) is 12.0. The van der Waals surface area contributed by atoms with Gasteiger partial charge < -0.3 is 5.11 Å². The maximum Gasteiger partial charge on any atom is 0.331 e. The smallest absolute Gasteiger partial charge is 0.331 e. The van der Waals surface area contributed by atoms with Crippen molar-refractivity contribution < 1.29 is 23.2 Å². The first-order chi connectivity index (χ1) is 7.52. The lowest BCUT2D eigenvalue weighted by atomic mass is 10.2. The molecule has 7 nitrogen and oxygen atoms in total. The molecular weight excluding hydrogens is 236 g/mol. The van der Waals surface area contributed by atoms with Gasteiger partial charge in [-0.1, -0.05) is 17.7 Å². The Bertz CT molecular complexity index is 321. The van der Waals surface area contributed by atoms with Crippen LogP contribution in [0.2, 0.25) is 0 Å². The molecule has 1 rings (SSSR count). The van der Waals surface area contributed by atoms with Crippen LogP contribution in [0, 0.1) is 0 Å². The van der Waals surface area contributed by atoms with Gasteiger partial charge in [0.1, 0.15) is 0 Å². The van der Waals surface area contributed by atoms with Gasteiger partial charge in [0.2, 0.25) is 0 Å². The molecule has 1 aliphatic rings. The second-order valence-corrected chi connectivity index (χ2v) is 5.22. The van der Waals surface area contributed by atoms with Crippen molar-refractivity contribution in [2.75, 3.05) is 19.7 Å². The normalized spacial score (nSPS) is 19.2. The van der Waals surface area contributed by atoms with Crippen LogP contribution in [-0.4, -0.2) is 43.5 Å². The van der Waals surface area contributed by atoms with Crippen molar-refractivity contribution in [3.63, 3.8) is 0 Å². The van der Waals surface area contributed by atoms with E-state index in [-0.39, 0.29) is 0 Å². The van der Waals surface area contributed by atoms with Crippen LogP contribution >= 0.6 is 0 Å².